The molecule has 1 aliphatic heterocycles. The lowest BCUT2D eigenvalue weighted by Crippen LogP contribution is -3.24. The monoisotopic (exact) mass is 434 g/mol. The molecule has 0 amide bonds. The molecule has 5 heteroatoms. The molecule has 1 aromatic rings. The van der Waals surface area contributed by atoms with Gasteiger partial charge in [0.2, 0.25) is 0 Å². The van der Waals surface area contributed by atoms with Crippen LogP contribution >= 0.6 is 0 Å². The highest BCUT2D eigenvalue weighted by atomic mass is 16.5. The van der Waals surface area contributed by atoms with Crippen LogP contribution in [0.2, 0.25) is 0 Å². The summed E-state index contributed by atoms with van der Waals surface area (Å²) in [6, 6.07) is 5.94. The number of likely N-dealkylation sites (tertiary alicyclic amines) is 1. The molecular formula is C26H46N2O3+2. The second-order valence-corrected chi connectivity index (χ2v) is 10.8. The van der Waals surface area contributed by atoms with Crippen LogP contribution in [-0.4, -0.2) is 56.6 Å². The molecule has 1 saturated heterocycles. The van der Waals surface area contributed by atoms with Crippen molar-refractivity contribution < 1.29 is 24.8 Å². The second-order valence-electron chi connectivity index (χ2n) is 10.8. The van der Waals surface area contributed by atoms with Crippen molar-refractivity contribution in [3.05, 3.63) is 23.8 Å². The Morgan fingerprint density at radius 3 is 2.39 bits per heavy atom. The molecule has 1 aromatic carbocycles. The van der Waals surface area contributed by atoms with Crippen molar-refractivity contribution in [2.75, 3.05) is 39.9 Å². The summed E-state index contributed by atoms with van der Waals surface area (Å²) in [6.07, 6.45) is 10.5. The van der Waals surface area contributed by atoms with Crippen LogP contribution in [0, 0.1) is 0 Å². The fourth-order valence-electron chi connectivity index (χ4n) is 5.59. The Morgan fingerprint density at radius 2 is 1.74 bits per heavy atom. The summed E-state index contributed by atoms with van der Waals surface area (Å²) in [6.45, 7) is 11.4. The van der Waals surface area contributed by atoms with Crippen LogP contribution in [0.3, 0.4) is 0 Å². The minimum absolute atomic E-state index is 0.0501. The van der Waals surface area contributed by atoms with Crippen molar-refractivity contribution in [1.82, 2.24) is 0 Å². The summed E-state index contributed by atoms with van der Waals surface area (Å²) in [5.74, 6) is 1.68. The highest BCUT2D eigenvalue weighted by Gasteiger charge is 2.43. The minimum Gasteiger partial charge on any atom is -0.497 e. The minimum atomic E-state index is -0.466. The van der Waals surface area contributed by atoms with Crippen molar-refractivity contribution in [2.45, 2.75) is 89.2 Å². The van der Waals surface area contributed by atoms with Crippen molar-refractivity contribution in [2.24, 2.45) is 0 Å². The first-order valence-electron chi connectivity index (χ1n) is 12.5. The lowest BCUT2D eigenvalue weighted by molar-refractivity contribution is -0.972. The van der Waals surface area contributed by atoms with Crippen LogP contribution in [0.5, 0.6) is 11.5 Å². The van der Waals surface area contributed by atoms with Crippen LogP contribution in [0.25, 0.3) is 0 Å². The van der Waals surface area contributed by atoms with Gasteiger partial charge in [0.15, 0.2) is 0 Å². The highest BCUT2D eigenvalue weighted by Crippen LogP contribution is 2.34. The van der Waals surface area contributed by atoms with Gasteiger partial charge in [-0.25, -0.2) is 0 Å². The number of nitrogens with one attached hydrogen (secondary N) is 1. The van der Waals surface area contributed by atoms with E-state index in [4.69, 9.17) is 9.47 Å². The summed E-state index contributed by atoms with van der Waals surface area (Å²) in [4.78, 5) is 1.84. The molecule has 3 rings (SSSR count). The third-order valence-electron chi connectivity index (χ3n) is 7.42. The first-order valence-corrected chi connectivity index (χ1v) is 12.5. The number of aliphatic hydroxyl groups excluding tert-OH is 1. The summed E-state index contributed by atoms with van der Waals surface area (Å²) in [5.41, 5.74) is 1.48. The lowest BCUT2D eigenvalue weighted by Gasteiger charge is -2.43. The fourth-order valence-corrected chi connectivity index (χ4v) is 5.59. The van der Waals surface area contributed by atoms with E-state index in [1.54, 1.807) is 7.11 Å². The normalized spacial score (nSPS) is 20.9. The van der Waals surface area contributed by atoms with Crippen LogP contribution < -0.4 is 19.7 Å². The Morgan fingerprint density at radius 1 is 1.06 bits per heavy atom. The van der Waals surface area contributed by atoms with Gasteiger partial charge in [0.05, 0.1) is 20.2 Å². The molecule has 1 atom stereocenters. The van der Waals surface area contributed by atoms with Gasteiger partial charge in [0.1, 0.15) is 42.8 Å². The molecule has 1 saturated carbocycles. The third kappa shape index (κ3) is 6.59. The predicted molar refractivity (Wildman–Crippen MR) is 125 cm³/mol. The van der Waals surface area contributed by atoms with Gasteiger partial charge in [-0.15, -0.1) is 0 Å². The predicted octanol–water partition coefficient (Wildman–Crippen LogP) is 2.07. The largest absolute Gasteiger partial charge is 0.497 e. The molecule has 2 fully saturated rings. The quantitative estimate of drug-likeness (QED) is 0.558. The Hall–Kier alpha value is -1.30. The molecule has 5 nitrogen and oxygen atoms in total. The van der Waals surface area contributed by atoms with E-state index in [0.29, 0.717) is 18.7 Å². The second kappa shape index (κ2) is 11.0. The van der Waals surface area contributed by atoms with E-state index < -0.39 is 6.10 Å². The molecule has 0 radical (unpaired) electrons. The number of nitrogens with two attached hydrogens (primary N) is 1. The van der Waals surface area contributed by atoms with E-state index in [-0.39, 0.29) is 5.41 Å². The molecule has 176 valence electrons. The van der Waals surface area contributed by atoms with Gasteiger partial charge in [-0.2, -0.15) is 0 Å². The summed E-state index contributed by atoms with van der Waals surface area (Å²) in [7, 11) is 1.69. The van der Waals surface area contributed by atoms with E-state index in [2.05, 4.69) is 26.1 Å². The smallest absolute Gasteiger partial charge is 0.147 e. The standard InChI is InChI=1S/C26H44N2O3/c1-25(2,3)23-17-22(30-4)11-12-24(23)31-19-21(29)18-27-20-26(13-7-5-8-14-26)28-15-9-6-10-16-28/h11-12,17,21,27,29H,5-10,13-16,18-20H2,1-4H3/p+2/t21-/m1/s1. The van der Waals surface area contributed by atoms with Gasteiger partial charge in [0, 0.05) is 18.4 Å². The van der Waals surface area contributed by atoms with Gasteiger partial charge < -0.3 is 24.8 Å². The number of hydrogen-bond donors (Lipinski definition) is 3. The highest BCUT2D eigenvalue weighted by molar-refractivity contribution is 5.44. The molecule has 0 spiro atoms. The van der Waals surface area contributed by atoms with E-state index >= 15 is 0 Å². The molecular weight excluding hydrogens is 388 g/mol. The maximum atomic E-state index is 10.6. The lowest BCUT2D eigenvalue weighted by atomic mass is 9.79. The Bertz CT molecular complexity index is 674. The third-order valence-corrected chi connectivity index (χ3v) is 7.42. The van der Waals surface area contributed by atoms with Crippen LogP contribution in [-0.2, 0) is 5.41 Å². The molecule has 4 N–H and O–H groups in total. The Labute approximate surface area is 189 Å². The van der Waals surface area contributed by atoms with Gasteiger partial charge in [0.25, 0.3) is 0 Å². The molecule has 0 bridgehead atoms. The zero-order valence-electron chi connectivity index (χ0n) is 20.3. The summed E-state index contributed by atoms with van der Waals surface area (Å²) >= 11 is 0. The fraction of sp³-hybridized carbons (Fsp3) is 0.769. The van der Waals surface area contributed by atoms with E-state index in [1.807, 2.05) is 23.1 Å². The number of ether oxygens (including phenoxy) is 2. The number of aliphatic hydroxyl groups is 1. The molecule has 0 aromatic heterocycles. The van der Waals surface area contributed by atoms with Gasteiger partial charge in [-0.1, -0.05) is 27.2 Å². The van der Waals surface area contributed by atoms with Crippen molar-refractivity contribution in [3.63, 3.8) is 0 Å². The van der Waals surface area contributed by atoms with E-state index in [1.165, 1.54) is 64.5 Å². The maximum Gasteiger partial charge on any atom is 0.147 e. The summed E-state index contributed by atoms with van der Waals surface area (Å²) in [5, 5.41) is 13.0. The van der Waals surface area contributed by atoms with E-state index in [9.17, 15) is 5.11 Å². The number of piperidine rings is 1. The molecule has 0 unspecified atom stereocenters. The number of hydrogen-bond acceptors (Lipinski definition) is 3. The van der Waals surface area contributed by atoms with E-state index in [0.717, 1.165) is 23.6 Å². The Kier molecular flexibility index (Phi) is 8.65. The van der Waals surface area contributed by atoms with Gasteiger partial charge >= 0.3 is 0 Å². The number of benzene rings is 1. The molecule has 1 heterocycles. The average molecular weight is 435 g/mol. The van der Waals surface area contributed by atoms with Crippen LogP contribution in [0.15, 0.2) is 18.2 Å². The van der Waals surface area contributed by atoms with Crippen molar-refractivity contribution >= 4 is 0 Å². The number of rotatable bonds is 9. The van der Waals surface area contributed by atoms with Gasteiger partial charge in [-0.3, -0.25) is 0 Å². The van der Waals surface area contributed by atoms with Crippen molar-refractivity contribution in [3.8, 4) is 11.5 Å². The number of methoxy groups -OCH3 is 1. The Balaban J connectivity index is 1.52. The zero-order valence-corrected chi connectivity index (χ0v) is 20.3. The first-order chi connectivity index (χ1) is 14.8. The maximum absolute atomic E-state index is 10.6. The van der Waals surface area contributed by atoms with Crippen LogP contribution in [0.4, 0.5) is 0 Å². The van der Waals surface area contributed by atoms with Crippen molar-refractivity contribution in [1.29, 1.82) is 0 Å². The molecule has 31 heavy (non-hydrogen) atoms. The number of quaternary nitrogens is 2. The topological polar surface area (TPSA) is 59.7 Å². The average Bonchev–Trinajstić information content (AvgIpc) is 2.78. The first kappa shape index (κ1) is 24.3. The van der Waals surface area contributed by atoms with Crippen LogP contribution in [0.1, 0.15) is 77.7 Å². The zero-order chi connectivity index (χ0) is 22.3. The summed E-state index contributed by atoms with van der Waals surface area (Å²) < 4.78 is 11.5. The molecule has 2 aliphatic rings. The van der Waals surface area contributed by atoms with Gasteiger partial charge in [-0.05, 0) is 55.7 Å². The SMILES string of the molecule is COc1ccc(OC[C@H](O)C[NH2+]CC2([NH+]3CCCCC3)CCCCC2)c(C(C)(C)C)c1. The molecule has 1 aliphatic carbocycles.